The number of hydrogen-bond acceptors (Lipinski definition) is 2. The van der Waals surface area contributed by atoms with E-state index in [0.29, 0.717) is 16.9 Å². The highest BCUT2D eigenvalue weighted by Gasteiger charge is 2.46. The normalized spacial score (nSPS) is 32.4. The number of aromatic amines is 1. The van der Waals surface area contributed by atoms with E-state index in [0.717, 1.165) is 52.6 Å². The second-order valence-corrected chi connectivity index (χ2v) is 12.6. The number of nitrogens with zero attached hydrogens (tertiary/aromatic N) is 1. The first-order valence-electron chi connectivity index (χ1n) is 13.5. The number of H-pyrrole nitrogens is 1. The van der Waals surface area contributed by atoms with Crippen LogP contribution in [-0.4, -0.2) is 21.5 Å². The smallest absolute Gasteiger partial charge is 0.151 e. The largest absolute Gasteiger partial charge is 0.357 e. The van der Waals surface area contributed by atoms with Crippen molar-refractivity contribution in [3.05, 3.63) is 65.6 Å². The average molecular weight is 489 g/mol. The van der Waals surface area contributed by atoms with Crippen LogP contribution in [0.1, 0.15) is 63.1 Å². The van der Waals surface area contributed by atoms with Crippen molar-refractivity contribution < 1.29 is 4.39 Å². The van der Waals surface area contributed by atoms with Gasteiger partial charge in [-0.2, -0.15) is 11.8 Å². The number of pyridine rings is 1. The second-order valence-electron chi connectivity index (χ2n) is 11.5. The lowest BCUT2D eigenvalue weighted by atomic mass is 9.85. The van der Waals surface area contributed by atoms with Crippen LogP contribution in [0.25, 0.3) is 22.3 Å². The molecule has 4 heteroatoms. The summed E-state index contributed by atoms with van der Waals surface area (Å²) >= 11 is 1.92. The third-order valence-electron chi connectivity index (χ3n) is 9.37. The summed E-state index contributed by atoms with van der Waals surface area (Å²) < 4.78 is 15.1. The zero-order valence-electron chi connectivity index (χ0n) is 21.1. The van der Waals surface area contributed by atoms with Gasteiger partial charge in [0.15, 0.2) is 5.82 Å². The van der Waals surface area contributed by atoms with Gasteiger partial charge in [-0.25, -0.2) is 9.37 Å². The van der Waals surface area contributed by atoms with Gasteiger partial charge >= 0.3 is 0 Å². The Morgan fingerprint density at radius 2 is 1.83 bits per heavy atom. The maximum absolute atomic E-state index is 15.1. The van der Waals surface area contributed by atoms with Gasteiger partial charge in [0.05, 0.1) is 11.0 Å². The number of allylic oxidation sites excluding steroid dienone is 1. The molecule has 0 spiro atoms. The molecule has 0 saturated heterocycles. The van der Waals surface area contributed by atoms with Crippen molar-refractivity contribution in [3.63, 3.8) is 0 Å². The molecule has 0 amide bonds. The number of nitrogens with one attached hydrogen (secondary N) is 1. The van der Waals surface area contributed by atoms with Crippen molar-refractivity contribution in [2.75, 3.05) is 6.26 Å². The number of benzene rings is 1. The van der Waals surface area contributed by atoms with Gasteiger partial charge in [-0.1, -0.05) is 56.7 Å². The number of halogens is 1. The molecular formula is C31H37FN2S. The topological polar surface area (TPSA) is 28.7 Å². The van der Waals surface area contributed by atoms with E-state index in [1.165, 1.54) is 43.4 Å². The standard InChI is InChI=1S/C31H37FN2S/c1-18-4-13-26-23(14-19(2)30(18)26)15-24-16-28-29(33-24)17-27(32)31(34-28)22-7-5-20(6-8-22)21-9-11-25(35-3)12-10-21/h5-9,11,16-19,21,23,25-26,30,33H,4,10,12-15H2,1-3H3. The molecule has 184 valence electrons. The predicted octanol–water partition coefficient (Wildman–Crippen LogP) is 8.40. The summed E-state index contributed by atoms with van der Waals surface area (Å²) in [5, 5.41) is 0.641. The molecule has 0 radical (unpaired) electrons. The highest BCUT2D eigenvalue weighted by atomic mass is 32.2. The fourth-order valence-electron chi connectivity index (χ4n) is 7.68. The van der Waals surface area contributed by atoms with Crippen LogP contribution in [0, 0.1) is 35.4 Å². The van der Waals surface area contributed by atoms with Gasteiger partial charge in [-0.05, 0) is 79.6 Å². The quantitative estimate of drug-likeness (QED) is 0.365. The van der Waals surface area contributed by atoms with E-state index in [2.05, 4.69) is 55.4 Å². The molecule has 3 aliphatic carbocycles. The highest BCUT2D eigenvalue weighted by molar-refractivity contribution is 7.99. The van der Waals surface area contributed by atoms with Gasteiger partial charge < -0.3 is 4.98 Å². The van der Waals surface area contributed by atoms with Crippen LogP contribution in [0.4, 0.5) is 4.39 Å². The number of aromatic nitrogens is 2. The second kappa shape index (κ2) is 9.42. The Labute approximate surface area is 213 Å². The minimum atomic E-state index is -0.252. The Bertz CT molecular complexity index is 1230. The monoisotopic (exact) mass is 488 g/mol. The molecule has 1 N–H and O–H groups in total. The first-order chi connectivity index (χ1) is 17.0. The van der Waals surface area contributed by atoms with Crippen LogP contribution in [0.5, 0.6) is 0 Å². The molecular weight excluding hydrogens is 451 g/mol. The van der Waals surface area contributed by atoms with E-state index in [-0.39, 0.29) is 5.82 Å². The average Bonchev–Trinajstić information content (AvgIpc) is 3.54. The Kier molecular flexibility index (Phi) is 6.28. The lowest BCUT2D eigenvalue weighted by Crippen LogP contribution is -2.15. The van der Waals surface area contributed by atoms with Crippen LogP contribution in [-0.2, 0) is 6.42 Å². The van der Waals surface area contributed by atoms with Crippen LogP contribution >= 0.6 is 11.8 Å². The summed E-state index contributed by atoms with van der Waals surface area (Å²) in [4.78, 5) is 8.27. The third-order valence-corrected chi connectivity index (χ3v) is 10.4. The van der Waals surface area contributed by atoms with Crippen LogP contribution in [0.2, 0.25) is 0 Å². The molecule has 7 atom stereocenters. The molecule has 0 aliphatic heterocycles. The molecule has 2 fully saturated rings. The zero-order valence-corrected chi connectivity index (χ0v) is 22.0. The molecule has 3 aromatic rings. The minimum absolute atomic E-state index is 0.252. The first kappa shape index (κ1) is 23.3. The molecule has 1 aromatic carbocycles. The Balaban J connectivity index is 1.21. The molecule has 2 nitrogen and oxygen atoms in total. The van der Waals surface area contributed by atoms with Crippen LogP contribution in [0.15, 0.2) is 48.6 Å². The van der Waals surface area contributed by atoms with Crippen molar-refractivity contribution in [1.29, 1.82) is 0 Å². The fourth-order valence-corrected chi connectivity index (χ4v) is 8.30. The van der Waals surface area contributed by atoms with Gasteiger partial charge in [-0.3, -0.25) is 0 Å². The fraction of sp³-hybridized carbons (Fsp3) is 0.516. The minimum Gasteiger partial charge on any atom is -0.357 e. The molecule has 2 saturated carbocycles. The SMILES string of the molecule is CSC1C=CC(c2ccc(-c3nc4cc(CC5CC(C)C6C(C)CCC56)[nH]c4cc3F)cc2)CC1. The lowest BCUT2D eigenvalue weighted by molar-refractivity contribution is 0.287. The predicted molar refractivity (Wildman–Crippen MR) is 146 cm³/mol. The van der Waals surface area contributed by atoms with Gasteiger partial charge in [-0.15, -0.1) is 0 Å². The molecule has 2 heterocycles. The molecule has 6 rings (SSSR count). The highest BCUT2D eigenvalue weighted by Crippen LogP contribution is 2.54. The Hall–Kier alpha value is -2.07. The third kappa shape index (κ3) is 4.37. The summed E-state index contributed by atoms with van der Waals surface area (Å²) in [6.45, 7) is 4.89. The summed E-state index contributed by atoms with van der Waals surface area (Å²) in [5.41, 5.74) is 5.52. The van der Waals surface area contributed by atoms with Crippen molar-refractivity contribution in [1.82, 2.24) is 9.97 Å². The number of thioether (sulfide) groups is 1. The summed E-state index contributed by atoms with van der Waals surface area (Å²) in [5.74, 6) is 4.40. The van der Waals surface area contributed by atoms with E-state index < -0.39 is 0 Å². The molecule has 0 bridgehead atoms. The van der Waals surface area contributed by atoms with E-state index in [1.807, 2.05) is 23.9 Å². The molecule has 3 aliphatic rings. The molecule has 7 unspecified atom stereocenters. The van der Waals surface area contributed by atoms with Gasteiger partial charge in [0.2, 0.25) is 0 Å². The van der Waals surface area contributed by atoms with Crippen molar-refractivity contribution >= 4 is 22.8 Å². The van der Waals surface area contributed by atoms with Crippen LogP contribution < -0.4 is 0 Å². The molecule has 35 heavy (non-hydrogen) atoms. The summed E-state index contributed by atoms with van der Waals surface area (Å²) in [6.07, 6.45) is 14.4. The van der Waals surface area contributed by atoms with Crippen molar-refractivity contribution in [2.45, 2.75) is 63.5 Å². The number of fused-ring (bicyclic) bond motifs is 2. The Morgan fingerprint density at radius 1 is 1.00 bits per heavy atom. The zero-order chi connectivity index (χ0) is 24.1. The van der Waals surface area contributed by atoms with Crippen LogP contribution in [0.3, 0.4) is 0 Å². The van der Waals surface area contributed by atoms with E-state index in [1.54, 1.807) is 6.07 Å². The van der Waals surface area contributed by atoms with Gasteiger partial charge in [0, 0.05) is 28.5 Å². The number of hydrogen-bond donors (Lipinski definition) is 1. The Morgan fingerprint density at radius 3 is 2.57 bits per heavy atom. The first-order valence-corrected chi connectivity index (χ1v) is 14.8. The van der Waals surface area contributed by atoms with Gasteiger partial charge in [0.25, 0.3) is 0 Å². The van der Waals surface area contributed by atoms with E-state index >= 15 is 4.39 Å². The molecule has 2 aromatic heterocycles. The van der Waals surface area contributed by atoms with Crippen molar-refractivity contribution in [3.8, 4) is 11.3 Å². The van der Waals surface area contributed by atoms with Gasteiger partial charge in [0.1, 0.15) is 5.69 Å². The summed E-state index contributed by atoms with van der Waals surface area (Å²) in [6, 6.07) is 12.2. The summed E-state index contributed by atoms with van der Waals surface area (Å²) in [7, 11) is 0. The lowest BCUT2D eigenvalue weighted by Gasteiger charge is -2.22. The van der Waals surface area contributed by atoms with E-state index in [4.69, 9.17) is 4.98 Å². The maximum Gasteiger partial charge on any atom is 0.151 e. The number of rotatable bonds is 5. The van der Waals surface area contributed by atoms with E-state index in [9.17, 15) is 0 Å². The van der Waals surface area contributed by atoms with Crippen molar-refractivity contribution in [2.24, 2.45) is 29.6 Å². The maximum atomic E-state index is 15.1.